The molecule has 4 heteroatoms. The Morgan fingerprint density at radius 3 is 2.50 bits per heavy atom. The summed E-state index contributed by atoms with van der Waals surface area (Å²) in [6, 6.07) is 9.04. The molecule has 1 atom stereocenters. The molecule has 1 aromatic rings. The van der Waals surface area contributed by atoms with Crippen LogP contribution in [0, 0.1) is 12.3 Å². The zero-order valence-electron chi connectivity index (χ0n) is 12.2. The maximum atomic E-state index is 12.2. The van der Waals surface area contributed by atoms with E-state index in [2.05, 4.69) is 5.92 Å². The summed E-state index contributed by atoms with van der Waals surface area (Å²) in [5.41, 5.74) is 0.938. The maximum absolute atomic E-state index is 12.2. The molecule has 0 aliphatic heterocycles. The van der Waals surface area contributed by atoms with E-state index < -0.39 is 12.1 Å². The van der Waals surface area contributed by atoms with Gasteiger partial charge in [-0.1, -0.05) is 36.3 Å². The fourth-order valence-electron chi connectivity index (χ4n) is 1.86. The molecule has 0 aromatic heterocycles. The van der Waals surface area contributed by atoms with Crippen LogP contribution in [0.1, 0.15) is 19.4 Å². The number of terminal acetylenes is 1. The molecule has 108 valence electrons. The summed E-state index contributed by atoms with van der Waals surface area (Å²) < 4.78 is 10.4. The molecule has 0 saturated carbocycles. The fourth-order valence-corrected chi connectivity index (χ4v) is 1.86. The first-order valence-corrected chi connectivity index (χ1v) is 6.54. The second kappa shape index (κ2) is 8.23. The summed E-state index contributed by atoms with van der Waals surface area (Å²) in [5.74, 6) is 2.56. The maximum Gasteiger partial charge on any atom is 0.411 e. The number of carbonyl (C=O) groups is 1. The van der Waals surface area contributed by atoms with Gasteiger partial charge in [-0.3, -0.25) is 4.90 Å². The molecule has 0 aliphatic carbocycles. The van der Waals surface area contributed by atoms with Crippen LogP contribution in [0.5, 0.6) is 0 Å². The Hall–Kier alpha value is -1.99. The van der Waals surface area contributed by atoms with Crippen molar-refractivity contribution in [3.63, 3.8) is 0 Å². The second-order valence-electron chi connectivity index (χ2n) is 4.68. The standard InChI is InChI=1S/C16H21NO3/c1-5-15(12-19-4)17(13(2)3)16(18)20-11-14-9-7-6-8-10-14/h1,6-10,13,15H,11-12H2,2-4H3. The number of nitrogens with zero attached hydrogens (tertiary/aromatic N) is 1. The first kappa shape index (κ1) is 16.1. The third-order valence-corrected chi connectivity index (χ3v) is 2.82. The van der Waals surface area contributed by atoms with Crippen molar-refractivity contribution in [2.24, 2.45) is 0 Å². The molecule has 0 aliphatic rings. The van der Waals surface area contributed by atoms with Crippen LogP contribution in [-0.2, 0) is 16.1 Å². The number of amides is 1. The number of carbonyl (C=O) groups excluding carboxylic acids is 1. The van der Waals surface area contributed by atoms with E-state index in [1.807, 2.05) is 44.2 Å². The van der Waals surface area contributed by atoms with E-state index in [1.54, 1.807) is 7.11 Å². The predicted molar refractivity (Wildman–Crippen MR) is 78.1 cm³/mol. The topological polar surface area (TPSA) is 38.8 Å². The van der Waals surface area contributed by atoms with Crippen LogP contribution in [0.3, 0.4) is 0 Å². The van der Waals surface area contributed by atoms with Crippen molar-refractivity contribution in [2.45, 2.75) is 32.5 Å². The minimum atomic E-state index is -0.428. The van der Waals surface area contributed by atoms with Crippen LogP contribution in [-0.4, -0.2) is 36.8 Å². The monoisotopic (exact) mass is 275 g/mol. The van der Waals surface area contributed by atoms with Gasteiger partial charge < -0.3 is 9.47 Å². The molecule has 0 radical (unpaired) electrons. The molecule has 0 N–H and O–H groups in total. The largest absolute Gasteiger partial charge is 0.445 e. The summed E-state index contributed by atoms with van der Waals surface area (Å²) >= 11 is 0. The minimum absolute atomic E-state index is 0.0607. The van der Waals surface area contributed by atoms with Crippen molar-refractivity contribution in [1.82, 2.24) is 4.90 Å². The zero-order chi connectivity index (χ0) is 15.0. The zero-order valence-corrected chi connectivity index (χ0v) is 12.2. The van der Waals surface area contributed by atoms with Crippen molar-refractivity contribution in [2.75, 3.05) is 13.7 Å². The first-order chi connectivity index (χ1) is 9.60. The van der Waals surface area contributed by atoms with Crippen molar-refractivity contribution in [3.05, 3.63) is 35.9 Å². The number of hydrogen-bond acceptors (Lipinski definition) is 3. The van der Waals surface area contributed by atoms with Crippen molar-refractivity contribution < 1.29 is 14.3 Å². The van der Waals surface area contributed by atoms with Gasteiger partial charge in [0.2, 0.25) is 0 Å². The number of methoxy groups -OCH3 is 1. The summed E-state index contributed by atoms with van der Waals surface area (Å²) in [7, 11) is 1.55. The van der Waals surface area contributed by atoms with Crippen molar-refractivity contribution >= 4 is 6.09 Å². The van der Waals surface area contributed by atoms with Gasteiger partial charge in [0.15, 0.2) is 0 Å². The van der Waals surface area contributed by atoms with E-state index in [0.717, 1.165) is 5.56 Å². The molecular formula is C16H21NO3. The van der Waals surface area contributed by atoms with Gasteiger partial charge in [0, 0.05) is 13.2 Å². The Morgan fingerprint density at radius 2 is 2.00 bits per heavy atom. The molecular weight excluding hydrogens is 254 g/mol. The molecule has 20 heavy (non-hydrogen) atoms. The van der Waals surface area contributed by atoms with E-state index in [9.17, 15) is 4.79 Å². The van der Waals surface area contributed by atoms with Crippen LogP contribution in [0.15, 0.2) is 30.3 Å². The Labute approximate surface area is 120 Å². The summed E-state index contributed by atoms with van der Waals surface area (Å²) in [5, 5.41) is 0. The third-order valence-electron chi connectivity index (χ3n) is 2.82. The van der Waals surface area contributed by atoms with Crippen LogP contribution in [0.2, 0.25) is 0 Å². The summed E-state index contributed by atoms with van der Waals surface area (Å²) in [6.07, 6.45) is 5.04. The lowest BCUT2D eigenvalue weighted by molar-refractivity contribution is 0.0562. The van der Waals surface area contributed by atoms with Gasteiger partial charge in [0.25, 0.3) is 0 Å². The van der Waals surface area contributed by atoms with E-state index in [0.29, 0.717) is 0 Å². The molecule has 1 unspecified atom stereocenters. The Morgan fingerprint density at radius 1 is 1.35 bits per heavy atom. The van der Waals surface area contributed by atoms with E-state index in [-0.39, 0.29) is 19.3 Å². The summed E-state index contributed by atoms with van der Waals surface area (Å²) in [4.78, 5) is 13.7. The molecule has 0 fully saturated rings. The number of benzene rings is 1. The van der Waals surface area contributed by atoms with Crippen LogP contribution in [0.25, 0.3) is 0 Å². The lowest BCUT2D eigenvalue weighted by Crippen LogP contribution is -2.46. The highest BCUT2D eigenvalue weighted by Crippen LogP contribution is 2.10. The number of ether oxygens (including phenoxy) is 2. The number of rotatable bonds is 6. The molecule has 0 heterocycles. The highest BCUT2D eigenvalue weighted by molar-refractivity contribution is 5.69. The normalized spacial score (nSPS) is 11.8. The molecule has 1 amide bonds. The van der Waals surface area contributed by atoms with Crippen LogP contribution >= 0.6 is 0 Å². The Bertz CT molecular complexity index is 451. The van der Waals surface area contributed by atoms with Gasteiger partial charge >= 0.3 is 6.09 Å². The SMILES string of the molecule is C#CC(COC)N(C(=O)OCc1ccccc1)C(C)C. The summed E-state index contributed by atoms with van der Waals surface area (Å²) in [6.45, 7) is 4.30. The van der Waals surface area contributed by atoms with E-state index in [4.69, 9.17) is 15.9 Å². The molecule has 1 aromatic carbocycles. The highest BCUT2D eigenvalue weighted by atomic mass is 16.6. The van der Waals surface area contributed by atoms with Gasteiger partial charge in [-0.15, -0.1) is 6.42 Å². The van der Waals surface area contributed by atoms with Crippen molar-refractivity contribution in [3.8, 4) is 12.3 Å². The predicted octanol–water partition coefficient (Wildman–Crippen LogP) is 2.68. The Kier molecular flexibility index (Phi) is 6.61. The lowest BCUT2D eigenvalue weighted by atomic mass is 10.2. The van der Waals surface area contributed by atoms with Gasteiger partial charge in [0.05, 0.1) is 6.61 Å². The quantitative estimate of drug-likeness (QED) is 0.749. The van der Waals surface area contributed by atoms with Gasteiger partial charge in [-0.25, -0.2) is 4.79 Å². The third kappa shape index (κ3) is 4.60. The van der Waals surface area contributed by atoms with Crippen LogP contribution in [0.4, 0.5) is 4.79 Å². The van der Waals surface area contributed by atoms with E-state index >= 15 is 0 Å². The highest BCUT2D eigenvalue weighted by Gasteiger charge is 2.26. The molecule has 0 bridgehead atoms. The average molecular weight is 275 g/mol. The Balaban J connectivity index is 2.67. The van der Waals surface area contributed by atoms with Gasteiger partial charge in [-0.05, 0) is 19.4 Å². The smallest absolute Gasteiger partial charge is 0.411 e. The lowest BCUT2D eigenvalue weighted by Gasteiger charge is -2.30. The average Bonchev–Trinajstić information content (AvgIpc) is 2.45. The van der Waals surface area contributed by atoms with Gasteiger partial charge in [-0.2, -0.15) is 0 Å². The molecule has 1 rings (SSSR count). The van der Waals surface area contributed by atoms with Crippen LogP contribution < -0.4 is 0 Å². The van der Waals surface area contributed by atoms with Gasteiger partial charge in [0.1, 0.15) is 12.6 Å². The first-order valence-electron chi connectivity index (χ1n) is 6.54. The fraction of sp³-hybridized carbons (Fsp3) is 0.438. The number of hydrogen-bond donors (Lipinski definition) is 0. The van der Waals surface area contributed by atoms with Crippen molar-refractivity contribution in [1.29, 1.82) is 0 Å². The minimum Gasteiger partial charge on any atom is -0.445 e. The molecule has 0 spiro atoms. The van der Waals surface area contributed by atoms with E-state index in [1.165, 1.54) is 4.90 Å². The second-order valence-corrected chi connectivity index (χ2v) is 4.68. The molecule has 0 saturated heterocycles. The molecule has 4 nitrogen and oxygen atoms in total.